The monoisotopic (exact) mass is 282 g/mol. The van der Waals surface area contributed by atoms with Gasteiger partial charge in [-0.25, -0.2) is 4.98 Å². The van der Waals surface area contributed by atoms with E-state index in [0.717, 1.165) is 28.0 Å². The minimum absolute atomic E-state index is 0.264. The quantitative estimate of drug-likeness (QED) is 0.772. The van der Waals surface area contributed by atoms with Gasteiger partial charge in [-0.3, -0.25) is 0 Å². The van der Waals surface area contributed by atoms with Crippen molar-refractivity contribution in [3.8, 4) is 11.4 Å². The Morgan fingerprint density at radius 3 is 2.57 bits per heavy atom. The summed E-state index contributed by atoms with van der Waals surface area (Å²) in [5, 5.41) is 19.0. The van der Waals surface area contributed by atoms with Crippen molar-refractivity contribution in [3.05, 3.63) is 54.1 Å². The second-order valence-corrected chi connectivity index (χ2v) is 5.19. The Labute approximate surface area is 123 Å². The molecule has 2 N–H and O–H groups in total. The first kappa shape index (κ1) is 13.8. The Balaban J connectivity index is 2.21. The Bertz CT molecular complexity index is 764. The molecule has 0 aliphatic carbocycles. The van der Waals surface area contributed by atoms with Gasteiger partial charge in [-0.05, 0) is 24.6 Å². The maximum atomic E-state index is 9.83. The number of hydrogen-bond acceptors (Lipinski definition) is 3. The molecule has 0 aliphatic heterocycles. The summed E-state index contributed by atoms with van der Waals surface area (Å²) in [6.07, 6.45) is -0.801. The van der Waals surface area contributed by atoms with Gasteiger partial charge < -0.3 is 14.8 Å². The third-order valence-electron chi connectivity index (χ3n) is 3.64. The van der Waals surface area contributed by atoms with Gasteiger partial charge in [-0.2, -0.15) is 0 Å². The van der Waals surface area contributed by atoms with E-state index in [1.165, 1.54) is 0 Å². The van der Waals surface area contributed by atoms with Crippen molar-refractivity contribution in [2.75, 3.05) is 6.61 Å². The highest BCUT2D eigenvalue weighted by Crippen LogP contribution is 2.27. The molecule has 3 rings (SSSR count). The normalized spacial score (nSPS) is 12.7. The molecule has 4 heteroatoms. The largest absolute Gasteiger partial charge is 0.394 e. The molecule has 0 fully saturated rings. The van der Waals surface area contributed by atoms with Gasteiger partial charge in [-0.1, -0.05) is 36.4 Å². The Kier molecular flexibility index (Phi) is 3.73. The molecule has 0 spiro atoms. The molecule has 1 atom stereocenters. The van der Waals surface area contributed by atoms with Crippen LogP contribution in [-0.4, -0.2) is 32.5 Å². The molecule has 3 aromatic rings. The zero-order chi connectivity index (χ0) is 14.8. The fourth-order valence-electron chi connectivity index (χ4n) is 2.56. The molecule has 21 heavy (non-hydrogen) atoms. The zero-order valence-electron chi connectivity index (χ0n) is 11.9. The summed E-state index contributed by atoms with van der Waals surface area (Å²) in [4.78, 5) is 4.70. The van der Waals surface area contributed by atoms with Crippen LogP contribution in [0.25, 0.3) is 22.4 Å². The molecule has 0 amide bonds. The molecule has 0 saturated heterocycles. The van der Waals surface area contributed by atoms with Crippen LogP contribution in [0.5, 0.6) is 0 Å². The highest BCUT2D eigenvalue weighted by atomic mass is 16.3. The molecule has 0 bridgehead atoms. The molecule has 4 nitrogen and oxygen atoms in total. The van der Waals surface area contributed by atoms with Crippen molar-refractivity contribution in [2.45, 2.75) is 19.6 Å². The summed E-state index contributed by atoms with van der Waals surface area (Å²) in [6.45, 7) is 2.10. The molecule has 1 aromatic heterocycles. The average molecular weight is 282 g/mol. The zero-order valence-corrected chi connectivity index (χ0v) is 11.9. The Hall–Kier alpha value is -2.17. The number of aromatic nitrogens is 2. The van der Waals surface area contributed by atoms with Crippen LogP contribution in [0, 0.1) is 6.92 Å². The number of rotatable bonds is 4. The van der Waals surface area contributed by atoms with Gasteiger partial charge in [-0.15, -0.1) is 0 Å². The summed E-state index contributed by atoms with van der Waals surface area (Å²) in [5.41, 5.74) is 4.02. The molecule has 2 aromatic carbocycles. The molecule has 108 valence electrons. The van der Waals surface area contributed by atoms with E-state index in [0.29, 0.717) is 6.54 Å². The lowest BCUT2D eigenvalue weighted by Gasteiger charge is -2.13. The number of aliphatic hydroxyl groups is 2. The third-order valence-corrected chi connectivity index (χ3v) is 3.64. The van der Waals surface area contributed by atoms with Gasteiger partial charge >= 0.3 is 0 Å². The van der Waals surface area contributed by atoms with Crippen LogP contribution in [0.3, 0.4) is 0 Å². The number of para-hydroxylation sites is 2. The highest BCUT2D eigenvalue weighted by Gasteiger charge is 2.16. The number of hydrogen-bond donors (Lipinski definition) is 2. The topological polar surface area (TPSA) is 58.3 Å². The number of aliphatic hydroxyl groups excluding tert-OH is 2. The first-order chi connectivity index (χ1) is 10.2. The minimum Gasteiger partial charge on any atom is -0.394 e. The van der Waals surface area contributed by atoms with E-state index in [1.54, 1.807) is 0 Å². The predicted octanol–water partition coefficient (Wildman–Crippen LogP) is 2.36. The van der Waals surface area contributed by atoms with Crippen molar-refractivity contribution in [1.82, 2.24) is 9.55 Å². The first-order valence-electron chi connectivity index (χ1n) is 7.01. The van der Waals surface area contributed by atoms with Crippen LogP contribution in [0.2, 0.25) is 0 Å². The van der Waals surface area contributed by atoms with Crippen molar-refractivity contribution >= 4 is 11.0 Å². The fourth-order valence-corrected chi connectivity index (χ4v) is 2.56. The lowest BCUT2D eigenvalue weighted by molar-refractivity contribution is 0.0824. The summed E-state index contributed by atoms with van der Waals surface area (Å²) in [6, 6.07) is 15.9. The maximum Gasteiger partial charge on any atom is 0.141 e. The summed E-state index contributed by atoms with van der Waals surface area (Å²) < 4.78 is 1.97. The minimum atomic E-state index is -0.801. The number of benzene rings is 2. The molecule has 0 unspecified atom stereocenters. The molecule has 0 radical (unpaired) electrons. The number of fused-ring (bicyclic) bond motifs is 1. The lowest BCUT2D eigenvalue weighted by atomic mass is 10.1. The second kappa shape index (κ2) is 5.68. The molecule has 1 heterocycles. The third kappa shape index (κ3) is 2.55. The van der Waals surface area contributed by atoms with Crippen LogP contribution in [0.15, 0.2) is 48.5 Å². The van der Waals surface area contributed by atoms with Gasteiger partial charge in [0.1, 0.15) is 5.82 Å². The standard InChI is InChI=1S/C17H18N2O2/c1-12-6-2-3-7-14(12)17-18-15-8-4-5-9-16(15)19(17)10-13(21)11-20/h2-9,13,20-21H,10-11H2,1H3/t13-/m1/s1. The van der Waals surface area contributed by atoms with Crippen LogP contribution < -0.4 is 0 Å². The first-order valence-corrected chi connectivity index (χ1v) is 7.01. The lowest BCUT2D eigenvalue weighted by Crippen LogP contribution is -2.20. The summed E-state index contributed by atoms with van der Waals surface area (Å²) in [7, 11) is 0. The van der Waals surface area contributed by atoms with Crippen LogP contribution in [0.1, 0.15) is 5.56 Å². The van der Waals surface area contributed by atoms with E-state index < -0.39 is 6.10 Å². The van der Waals surface area contributed by atoms with Gasteiger partial charge in [0.25, 0.3) is 0 Å². The van der Waals surface area contributed by atoms with E-state index in [4.69, 9.17) is 10.1 Å². The van der Waals surface area contributed by atoms with Crippen LogP contribution in [0.4, 0.5) is 0 Å². The fraction of sp³-hybridized carbons (Fsp3) is 0.235. The van der Waals surface area contributed by atoms with E-state index >= 15 is 0 Å². The van der Waals surface area contributed by atoms with Crippen LogP contribution >= 0.6 is 0 Å². The molecule has 0 saturated carbocycles. The van der Waals surface area contributed by atoms with Crippen LogP contribution in [-0.2, 0) is 6.54 Å². The van der Waals surface area contributed by atoms with Gasteiger partial charge in [0.2, 0.25) is 0 Å². The summed E-state index contributed by atoms with van der Waals surface area (Å²) >= 11 is 0. The van der Waals surface area contributed by atoms with Gasteiger partial charge in [0.15, 0.2) is 0 Å². The van der Waals surface area contributed by atoms with E-state index in [9.17, 15) is 5.11 Å². The van der Waals surface area contributed by atoms with E-state index in [2.05, 4.69) is 0 Å². The second-order valence-electron chi connectivity index (χ2n) is 5.19. The van der Waals surface area contributed by atoms with Gasteiger partial charge in [0, 0.05) is 5.56 Å². The molecule has 0 aliphatic rings. The number of imidazole rings is 1. The van der Waals surface area contributed by atoms with E-state index in [-0.39, 0.29) is 6.61 Å². The van der Waals surface area contributed by atoms with Crippen molar-refractivity contribution in [1.29, 1.82) is 0 Å². The maximum absolute atomic E-state index is 9.83. The van der Waals surface area contributed by atoms with Gasteiger partial charge in [0.05, 0.1) is 30.3 Å². The molecular weight excluding hydrogens is 264 g/mol. The Morgan fingerprint density at radius 2 is 1.81 bits per heavy atom. The SMILES string of the molecule is Cc1ccccc1-c1nc2ccccc2n1C[C@@H](O)CO. The van der Waals surface area contributed by atoms with Crippen molar-refractivity contribution in [3.63, 3.8) is 0 Å². The van der Waals surface area contributed by atoms with E-state index in [1.807, 2.05) is 60.0 Å². The van der Waals surface area contributed by atoms with Crippen molar-refractivity contribution in [2.24, 2.45) is 0 Å². The average Bonchev–Trinajstić information content (AvgIpc) is 2.86. The number of nitrogens with zero attached hydrogens (tertiary/aromatic N) is 2. The predicted molar refractivity (Wildman–Crippen MR) is 83.0 cm³/mol. The number of aryl methyl sites for hydroxylation is 1. The smallest absolute Gasteiger partial charge is 0.141 e. The highest BCUT2D eigenvalue weighted by molar-refractivity contribution is 5.81. The molecular formula is C17H18N2O2. The summed E-state index contributed by atoms with van der Waals surface area (Å²) in [5.74, 6) is 0.821. The van der Waals surface area contributed by atoms with Crippen molar-refractivity contribution < 1.29 is 10.2 Å². The Morgan fingerprint density at radius 1 is 1.10 bits per heavy atom.